The van der Waals surface area contributed by atoms with E-state index in [2.05, 4.69) is 16.0 Å². The zero-order valence-corrected chi connectivity index (χ0v) is 19.0. The molecule has 2 aromatic rings. The molecule has 7 heteroatoms. The fourth-order valence-electron chi connectivity index (χ4n) is 3.89. The van der Waals surface area contributed by atoms with Crippen molar-refractivity contribution in [2.45, 2.75) is 45.1 Å². The fraction of sp³-hybridized carbons (Fsp3) is 0.400. The molecule has 1 aliphatic rings. The molecule has 7 nitrogen and oxygen atoms in total. The molecule has 1 aliphatic carbocycles. The summed E-state index contributed by atoms with van der Waals surface area (Å²) >= 11 is 0. The Morgan fingerprint density at radius 3 is 2.41 bits per heavy atom. The van der Waals surface area contributed by atoms with Gasteiger partial charge in [-0.2, -0.15) is 0 Å². The molecule has 170 valence electrons. The van der Waals surface area contributed by atoms with E-state index < -0.39 is 0 Å². The summed E-state index contributed by atoms with van der Waals surface area (Å²) in [5.41, 5.74) is 3.40. The third kappa shape index (κ3) is 6.33. The van der Waals surface area contributed by atoms with Gasteiger partial charge in [-0.05, 0) is 61.7 Å². The minimum atomic E-state index is -0.224. The van der Waals surface area contributed by atoms with Gasteiger partial charge in [-0.25, -0.2) is 0 Å². The lowest BCUT2D eigenvalue weighted by Crippen LogP contribution is -2.36. The molecule has 0 aromatic heterocycles. The molecule has 0 spiro atoms. The maximum Gasteiger partial charge on any atom is 0.253 e. The summed E-state index contributed by atoms with van der Waals surface area (Å²) in [5.74, 6) is -0.392. The van der Waals surface area contributed by atoms with Crippen molar-refractivity contribution in [3.63, 3.8) is 0 Å². The monoisotopic (exact) mass is 436 g/mol. The lowest BCUT2D eigenvalue weighted by atomic mass is 9.95. The molecule has 1 fully saturated rings. The van der Waals surface area contributed by atoms with Gasteiger partial charge in [0.1, 0.15) is 0 Å². The summed E-state index contributed by atoms with van der Waals surface area (Å²) in [5, 5.41) is 9.05. The maximum absolute atomic E-state index is 12.5. The summed E-state index contributed by atoms with van der Waals surface area (Å²) in [6.07, 6.45) is 5.69. The van der Waals surface area contributed by atoms with E-state index in [-0.39, 0.29) is 30.3 Å². The molecule has 0 saturated heterocycles. The van der Waals surface area contributed by atoms with Crippen molar-refractivity contribution in [1.29, 1.82) is 0 Å². The molecule has 32 heavy (non-hydrogen) atoms. The number of anilines is 2. The van der Waals surface area contributed by atoms with Crippen molar-refractivity contribution in [1.82, 2.24) is 10.2 Å². The molecule has 0 bridgehead atoms. The molecule has 0 aliphatic heterocycles. The van der Waals surface area contributed by atoms with Crippen molar-refractivity contribution < 1.29 is 14.4 Å². The maximum atomic E-state index is 12.5. The highest BCUT2D eigenvalue weighted by Gasteiger charge is 2.17. The van der Waals surface area contributed by atoms with Crippen LogP contribution in [-0.2, 0) is 4.79 Å². The Hall–Kier alpha value is -3.35. The van der Waals surface area contributed by atoms with Crippen LogP contribution in [0.5, 0.6) is 0 Å². The van der Waals surface area contributed by atoms with E-state index in [9.17, 15) is 14.4 Å². The third-order valence-corrected chi connectivity index (χ3v) is 5.67. The molecular formula is C25H32N4O3. The first-order chi connectivity index (χ1) is 15.3. The average Bonchev–Trinajstić information content (AvgIpc) is 2.78. The van der Waals surface area contributed by atoms with E-state index >= 15 is 0 Å². The van der Waals surface area contributed by atoms with E-state index in [0.717, 1.165) is 24.1 Å². The summed E-state index contributed by atoms with van der Waals surface area (Å²) < 4.78 is 0. The Morgan fingerprint density at radius 1 is 0.969 bits per heavy atom. The first-order valence-corrected chi connectivity index (χ1v) is 11.1. The van der Waals surface area contributed by atoms with Gasteiger partial charge < -0.3 is 20.9 Å². The lowest BCUT2D eigenvalue weighted by molar-refractivity contribution is -0.114. The second kappa shape index (κ2) is 10.8. The molecule has 0 heterocycles. The Morgan fingerprint density at radius 2 is 1.72 bits per heavy atom. The highest BCUT2D eigenvalue weighted by atomic mass is 16.2. The fourth-order valence-corrected chi connectivity index (χ4v) is 3.89. The molecule has 3 N–H and O–H groups in total. The SMILES string of the molecule is Cc1cc(C(=O)NC2CCCCC2)ccc1NCC(=O)Nc1cccc(C(=O)N(C)C)c1. The van der Waals surface area contributed by atoms with E-state index in [1.807, 2.05) is 19.1 Å². The Kier molecular flexibility index (Phi) is 7.87. The predicted octanol–water partition coefficient (Wildman–Crippen LogP) is 3.81. The Labute approximate surface area is 189 Å². The number of nitrogens with one attached hydrogen (secondary N) is 3. The van der Waals surface area contributed by atoms with Gasteiger partial charge in [0, 0.05) is 42.6 Å². The van der Waals surface area contributed by atoms with Crippen LogP contribution in [-0.4, -0.2) is 49.3 Å². The largest absolute Gasteiger partial charge is 0.376 e. The van der Waals surface area contributed by atoms with E-state index in [1.54, 1.807) is 44.4 Å². The van der Waals surface area contributed by atoms with Gasteiger partial charge in [0.15, 0.2) is 0 Å². The van der Waals surface area contributed by atoms with Gasteiger partial charge in [0.05, 0.1) is 6.54 Å². The molecule has 2 aromatic carbocycles. The minimum Gasteiger partial charge on any atom is -0.376 e. The number of hydrogen-bond donors (Lipinski definition) is 3. The van der Waals surface area contributed by atoms with Crippen LogP contribution in [0, 0.1) is 6.92 Å². The lowest BCUT2D eigenvalue weighted by Gasteiger charge is -2.23. The number of carbonyl (C=O) groups excluding carboxylic acids is 3. The molecule has 1 saturated carbocycles. The predicted molar refractivity (Wildman–Crippen MR) is 127 cm³/mol. The van der Waals surface area contributed by atoms with Gasteiger partial charge in [-0.3, -0.25) is 14.4 Å². The number of aryl methyl sites for hydroxylation is 1. The summed E-state index contributed by atoms with van der Waals surface area (Å²) in [7, 11) is 3.37. The molecule has 3 amide bonds. The van der Waals surface area contributed by atoms with Crippen LogP contribution in [0.15, 0.2) is 42.5 Å². The summed E-state index contributed by atoms with van der Waals surface area (Å²) in [6, 6.07) is 12.6. The van der Waals surface area contributed by atoms with Gasteiger partial charge in [0.25, 0.3) is 11.8 Å². The zero-order valence-electron chi connectivity index (χ0n) is 19.0. The van der Waals surface area contributed by atoms with Crippen LogP contribution in [0.4, 0.5) is 11.4 Å². The van der Waals surface area contributed by atoms with Crippen LogP contribution < -0.4 is 16.0 Å². The first kappa shape index (κ1) is 23.3. The number of carbonyl (C=O) groups is 3. The van der Waals surface area contributed by atoms with Crippen molar-refractivity contribution in [3.8, 4) is 0 Å². The summed E-state index contributed by atoms with van der Waals surface area (Å²) in [4.78, 5) is 38.5. The number of nitrogens with zero attached hydrogens (tertiary/aromatic N) is 1. The van der Waals surface area contributed by atoms with E-state index in [4.69, 9.17) is 0 Å². The van der Waals surface area contributed by atoms with Crippen LogP contribution in [0.2, 0.25) is 0 Å². The molecule has 3 rings (SSSR count). The van der Waals surface area contributed by atoms with Gasteiger partial charge >= 0.3 is 0 Å². The van der Waals surface area contributed by atoms with Gasteiger partial charge in [-0.1, -0.05) is 25.3 Å². The van der Waals surface area contributed by atoms with Crippen LogP contribution in [0.25, 0.3) is 0 Å². The Balaban J connectivity index is 1.54. The second-order valence-corrected chi connectivity index (χ2v) is 8.52. The Bertz CT molecular complexity index is 981. The molecule has 0 radical (unpaired) electrons. The normalized spacial score (nSPS) is 13.8. The van der Waals surface area contributed by atoms with E-state index in [1.165, 1.54) is 24.2 Å². The molecule has 0 atom stereocenters. The van der Waals surface area contributed by atoms with E-state index in [0.29, 0.717) is 16.8 Å². The second-order valence-electron chi connectivity index (χ2n) is 8.52. The zero-order chi connectivity index (χ0) is 23.1. The minimum absolute atomic E-state index is 0.0450. The number of benzene rings is 2. The van der Waals surface area contributed by atoms with Crippen LogP contribution in [0.3, 0.4) is 0 Å². The quantitative estimate of drug-likeness (QED) is 0.616. The first-order valence-electron chi connectivity index (χ1n) is 11.1. The van der Waals surface area contributed by atoms with Crippen molar-refractivity contribution in [3.05, 3.63) is 59.2 Å². The number of hydrogen-bond acceptors (Lipinski definition) is 4. The van der Waals surface area contributed by atoms with Crippen molar-refractivity contribution in [2.24, 2.45) is 0 Å². The van der Waals surface area contributed by atoms with Gasteiger partial charge in [-0.15, -0.1) is 0 Å². The van der Waals surface area contributed by atoms with Crippen LogP contribution in [0.1, 0.15) is 58.4 Å². The highest BCUT2D eigenvalue weighted by molar-refractivity contribution is 5.98. The topological polar surface area (TPSA) is 90.5 Å². The van der Waals surface area contributed by atoms with Crippen molar-refractivity contribution in [2.75, 3.05) is 31.3 Å². The van der Waals surface area contributed by atoms with Gasteiger partial charge in [0.2, 0.25) is 5.91 Å². The smallest absolute Gasteiger partial charge is 0.253 e. The standard InChI is InChI=1S/C25H32N4O3/c1-17-14-18(24(31)28-20-9-5-4-6-10-20)12-13-22(17)26-16-23(30)27-21-11-7-8-19(15-21)25(32)29(2)3/h7-8,11-15,20,26H,4-6,9-10,16H2,1-3H3,(H,27,30)(H,28,31). The molecule has 0 unspecified atom stereocenters. The average molecular weight is 437 g/mol. The third-order valence-electron chi connectivity index (χ3n) is 5.67. The van der Waals surface area contributed by atoms with Crippen molar-refractivity contribution >= 4 is 29.1 Å². The highest BCUT2D eigenvalue weighted by Crippen LogP contribution is 2.20. The van der Waals surface area contributed by atoms with Crippen LogP contribution >= 0.6 is 0 Å². The summed E-state index contributed by atoms with van der Waals surface area (Å²) in [6.45, 7) is 1.98. The molecular weight excluding hydrogens is 404 g/mol. The number of amides is 3. The number of rotatable bonds is 7.